The molecule has 0 aromatic heterocycles. The Kier molecular flexibility index (Phi) is 1.74. The predicted molar refractivity (Wildman–Crippen MR) is 45.7 cm³/mol. The first-order valence-electron chi connectivity index (χ1n) is 4.37. The van der Waals surface area contributed by atoms with Crippen LogP contribution in [0.25, 0.3) is 0 Å². The third-order valence-electron chi connectivity index (χ3n) is 2.97. The molecule has 2 heteroatoms. The summed E-state index contributed by atoms with van der Waals surface area (Å²) in [4.78, 5) is 10.0. The van der Waals surface area contributed by atoms with Crippen molar-refractivity contribution in [1.82, 2.24) is 0 Å². The molecule has 0 atom stereocenters. The van der Waals surface area contributed by atoms with E-state index in [9.17, 15) is 4.89 Å². The Morgan fingerprint density at radius 3 is 2.10 bits per heavy atom. The maximum absolute atomic E-state index is 10.0. The van der Waals surface area contributed by atoms with Gasteiger partial charge in [0, 0.05) is 0 Å². The summed E-state index contributed by atoms with van der Waals surface area (Å²) in [7, 11) is -1.31. The molecule has 0 aromatic rings. The Hall–Kier alpha value is 0.390. The average molecular weight is 159 g/mol. The van der Waals surface area contributed by atoms with E-state index in [2.05, 4.69) is 0 Å². The van der Waals surface area contributed by atoms with E-state index in [1.54, 1.807) is 0 Å². The molecule has 2 aliphatic heterocycles. The second kappa shape index (κ2) is 2.46. The quantitative estimate of drug-likeness (QED) is 0.537. The van der Waals surface area contributed by atoms with Crippen molar-refractivity contribution in [3.8, 4) is 0 Å². The summed E-state index contributed by atoms with van der Waals surface area (Å²) in [6.45, 7) is 0. The first kappa shape index (κ1) is 7.06. The van der Waals surface area contributed by atoms with Crippen LogP contribution < -0.4 is 0 Å². The molecular weight excluding hydrogens is 143 g/mol. The molecule has 1 nitrogen and oxygen atoms in total. The van der Waals surface area contributed by atoms with E-state index in [0.717, 1.165) is 5.92 Å². The van der Waals surface area contributed by atoms with Crippen LogP contribution in [0.4, 0.5) is 0 Å². The van der Waals surface area contributed by atoms with Gasteiger partial charge in [0.05, 0.1) is 18.5 Å². The Morgan fingerprint density at radius 1 is 1.10 bits per heavy atom. The minimum absolute atomic E-state index is 0.917. The molecule has 1 N–H and O–H groups in total. The third-order valence-corrected chi connectivity index (χ3v) is 6.46. The van der Waals surface area contributed by atoms with E-state index >= 15 is 0 Å². The van der Waals surface area contributed by atoms with Crippen LogP contribution in [0.3, 0.4) is 0 Å². The second-order valence-corrected chi connectivity index (χ2v) is 7.33. The van der Waals surface area contributed by atoms with Crippen LogP contribution in [0.15, 0.2) is 0 Å². The summed E-state index contributed by atoms with van der Waals surface area (Å²) in [6, 6.07) is 0. The van der Waals surface area contributed by atoms with Crippen LogP contribution in [0.2, 0.25) is 0 Å². The summed E-state index contributed by atoms with van der Waals surface area (Å²) in [5.74, 6) is 0.917. The number of fused-ring (bicyclic) bond motifs is 2. The number of hydrogen-bond acceptors (Lipinski definition) is 1. The molecule has 2 rings (SSSR count). The highest BCUT2D eigenvalue weighted by Gasteiger charge is 2.44. The Labute approximate surface area is 63.2 Å². The topological polar surface area (TPSA) is 20.2 Å². The summed E-state index contributed by atoms with van der Waals surface area (Å²) in [6.07, 6.45) is 9.02. The van der Waals surface area contributed by atoms with Crippen molar-refractivity contribution in [3.63, 3.8) is 0 Å². The average Bonchev–Trinajstić information content (AvgIpc) is 1.86. The predicted octanol–water partition coefficient (Wildman–Crippen LogP) is 2.12. The van der Waals surface area contributed by atoms with Crippen LogP contribution in [-0.2, 0) is 0 Å². The molecule has 2 heterocycles. The Balaban J connectivity index is 2.07. The molecular formula is C8H16OP+. The molecule has 2 fully saturated rings. The Bertz CT molecular complexity index is 125. The minimum Gasteiger partial charge on any atom is -0.252 e. The zero-order chi connectivity index (χ0) is 7.03. The third kappa shape index (κ3) is 1.22. The van der Waals surface area contributed by atoms with Gasteiger partial charge in [-0.15, -0.1) is 0 Å². The number of rotatable bonds is 0. The highest BCUT2D eigenvalue weighted by Crippen LogP contribution is 2.63. The summed E-state index contributed by atoms with van der Waals surface area (Å²) >= 11 is 0. The van der Waals surface area contributed by atoms with Gasteiger partial charge >= 0.3 is 0 Å². The van der Waals surface area contributed by atoms with Crippen LogP contribution in [0.5, 0.6) is 0 Å². The van der Waals surface area contributed by atoms with E-state index in [4.69, 9.17) is 0 Å². The fourth-order valence-corrected chi connectivity index (χ4v) is 5.91. The van der Waals surface area contributed by atoms with Gasteiger partial charge in [0.2, 0.25) is 0 Å². The van der Waals surface area contributed by atoms with Gasteiger partial charge in [0.25, 0.3) is 0 Å². The van der Waals surface area contributed by atoms with Crippen LogP contribution in [-0.4, -0.2) is 23.4 Å². The standard InChI is InChI=1S/C8H16OP/c9-10-5-1-3-8(7-10)4-2-6-10/h8-9H,1-7H2/q+1. The molecule has 0 saturated carbocycles. The Morgan fingerprint density at radius 2 is 1.70 bits per heavy atom. The molecule has 2 saturated heterocycles. The van der Waals surface area contributed by atoms with Gasteiger partial charge in [-0.1, -0.05) is 0 Å². The highest BCUT2D eigenvalue weighted by atomic mass is 31.2. The van der Waals surface area contributed by atoms with Gasteiger partial charge in [0.1, 0.15) is 7.49 Å². The lowest BCUT2D eigenvalue weighted by Gasteiger charge is -2.34. The molecule has 2 aliphatic rings. The first-order valence-corrected chi connectivity index (χ1v) is 6.67. The van der Waals surface area contributed by atoms with Gasteiger partial charge in [-0.05, 0) is 31.6 Å². The van der Waals surface area contributed by atoms with E-state index in [1.807, 2.05) is 0 Å². The van der Waals surface area contributed by atoms with E-state index in [-0.39, 0.29) is 0 Å². The van der Waals surface area contributed by atoms with Crippen LogP contribution in [0, 0.1) is 5.92 Å². The van der Waals surface area contributed by atoms with E-state index in [0.29, 0.717) is 0 Å². The van der Waals surface area contributed by atoms with Crippen molar-refractivity contribution in [1.29, 1.82) is 0 Å². The summed E-state index contributed by atoms with van der Waals surface area (Å²) in [5.41, 5.74) is 0. The monoisotopic (exact) mass is 159 g/mol. The molecule has 10 heavy (non-hydrogen) atoms. The lowest BCUT2D eigenvalue weighted by atomic mass is 10.00. The molecule has 0 amide bonds. The molecule has 58 valence electrons. The van der Waals surface area contributed by atoms with Gasteiger partial charge in [-0.3, -0.25) is 4.89 Å². The number of hydrogen-bond donors (Lipinski definition) is 1. The lowest BCUT2D eigenvalue weighted by Crippen LogP contribution is -2.25. The fraction of sp³-hybridized carbons (Fsp3) is 1.00. The van der Waals surface area contributed by atoms with Crippen molar-refractivity contribution in [2.45, 2.75) is 25.7 Å². The highest BCUT2D eigenvalue weighted by molar-refractivity contribution is 7.70. The fourth-order valence-electron chi connectivity index (χ4n) is 2.45. The summed E-state index contributed by atoms with van der Waals surface area (Å²) < 4.78 is 0. The van der Waals surface area contributed by atoms with Crippen LogP contribution >= 0.6 is 7.49 Å². The van der Waals surface area contributed by atoms with Crippen molar-refractivity contribution in [2.75, 3.05) is 18.5 Å². The van der Waals surface area contributed by atoms with Gasteiger partial charge < -0.3 is 0 Å². The molecule has 0 unspecified atom stereocenters. The van der Waals surface area contributed by atoms with Gasteiger partial charge in [-0.2, -0.15) is 0 Å². The van der Waals surface area contributed by atoms with Gasteiger partial charge in [-0.25, -0.2) is 0 Å². The first-order chi connectivity index (χ1) is 4.79. The van der Waals surface area contributed by atoms with Gasteiger partial charge in [0.15, 0.2) is 0 Å². The SMILES string of the molecule is O[P+]12CCCC(CCC1)C2. The van der Waals surface area contributed by atoms with Crippen LogP contribution in [0.1, 0.15) is 25.7 Å². The lowest BCUT2D eigenvalue weighted by molar-refractivity contribution is 0.417. The molecule has 0 aliphatic carbocycles. The zero-order valence-electron chi connectivity index (χ0n) is 6.42. The van der Waals surface area contributed by atoms with Crippen molar-refractivity contribution < 1.29 is 4.89 Å². The van der Waals surface area contributed by atoms with E-state index < -0.39 is 7.49 Å². The minimum atomic E-state index is -1.31. The van der Waals surface area contributed by atoms with Crippen molar-refractivity contribution in [2.24, 2.45) is 5.92 Å². The largest absolute Gasteiger partial charge is 0.252 e. The zero-order valence-corrected chi connectivity index (χ0v) is 7.32. The summed E-state index contributed by atoms with van der Waals surface area (Å²) in [5, 5.41) is 0. The van der Waals surface area contributed by atoms with Crippen molar-refractivity contribution >= 4 is 7.49 Å². The second-order valence-electron chi connectivity index (χ2n) is 3.88. The van der Waals surface area contributed by atoms with E-state index in [1.165, 1.54) is 44.2 Å². The normalized spacial score (nSPS) is 47.1. The maximum Gasteiger partial charge on any atom is 0.142 e. The molecule has 0 aromatic carbocycles. The molecule has 0 spiro atoms. The smallest absolute Gasteiger partial charge is 0.142 e. The molecule has 2 bridgehead atoms. The molecule has 0 radical (unpaired) electrons. The van der Waals surface area contributed by atoms with Crippen molar-refractivity contribution in [3.05, 3.63) is 0 Å². The maximum atomic E-state index is 10.0.